The second kappa shape index (κ2) is 7.26. The molecule has 0 aromatic carbocycles. The number of hydrogen-bond acceptors (Lipinski definition) is 5. The summed E-state index contributed by atoms with van der Waals surface area (Å²) in [7, 11) is 4.30. The van der Waals surface area contributed by atoms with Crippen LogP contribution in [-0.2, 0) is 19.1 Å². The number of methoxy groups -OCH3 is 2. The van der Waals surface area contributed by atoms with Gasteiger partial charge in [0.25, 0.3) is 0 Å². The number of carboxylic acids is 1. The van der Waals surface area contributed by atoms with Crippen molar-refractivity contribution in [1.82, 2.24) is 9.80 Å². The summed E-state index contributed by atoms with van der Waals surface area (Å²) < 4.78 is 9.75. The van der Waals surface area contributed by atoms with Gasteiger partial charge in [-0.2, -0.15) is 0 Å². The number of amides is 2. The molecule has 0 saturated carbocycles. The summed E-state index contributed by atoms with van der Waals surface area (Å²) in [5, 5.41) is 9.19. The Morgan fingerprint density at radius 3 is 2.48 bits per heavy atom. The van der Waals surface area contributed by atoms with E-state index in [0.717, 1.165) is 0 Å². The summed E-state index contributed by atoms with van der Waals surface area (Å²) in [5.74, 6) is -1.95. The highest BCUT2D eigenvalue weighted by atomic mass is 16.5. The maximum Gasteiger partial charge on any atom is 0.326 e. The van der Waals surface area contributed by atoms with Crippen LogP contribution in [0.5, 0.6) is 0 Å². The number of nitrogens with zero attached hydrogens (tertiary/aromatic N) is 2. The van der Waals surface area contributed by atoms with Gasteiger partial charge < -0.3 is 24.4 Å². The van der Waals surface area contributed by atoms with Crippen molar-refractivity contribution in [3.63, 3.8) is 0 Å². The summed E-state index contributed by atoms with van der Waals surface area (Å²) in [6.07, 6.45) is -0.0284. The van der Waals surface area contributed by atoms with Gasteiger partial charge in [-0.05, 0) is 0 Å². The second-order valence-electron chi connectivity index (χ2n) is 5.19. The van der Waals surface area contributed by atoms with E-state index < -0.39 is 29.9 Å². The van der Waals surface area contributed by atoms with Gasteiger partial charge in [0, 0.05) is 33.7 Å². The maximum atomic E-state index is 12.3. The topological polar surface area (TPSA) is 96.4 Å². The van der Waals surface area contributed by atoms with E-state index in [9.17, 15) is 19.5 Å². The molecule has 1 saturated heterocycles. The fourth-order valence-corrected chi connectivity index (χ4v) is 2.40. The Balaban J connectivity index is 2.72. The van der Waals surface area contributed by atoms with Gasteiger partial charge in [0.1, 0.15) is 6.04 Å². The second-order valence-corrected chi connectivity index (χ2v) is 5.19. The zero-order valence-corrected chi connectivity index (χ0v) is 12.7. The molecule has 8 nitrogen and oxygen atoms in total. The van der Waals surface area contributed by atoms with Crippen LogP contribution in [0.1, 0.15) is 13.3 Å². The molecule has 0 aromatic rings. The Bertz CT molecular complexity index is 413. The first kappa shape index (κ1) is 17.2. The fourth-order valence-electron chi connectivity index (χ4n) is 2.40. The molecular weight excluding hydrogens is 280 g/mol. The van der Waals surface area contributed by atoms with Gasteiger partial charge in [0.2, 0.25) is 0 Å². The van der Waals surface area contributed by atoms with Crippen LogP contribution >= 0.6 is 0 Å². The normalized spacial score (nSPS) is 22.8. The third kappa shape index (κ3) is 4.07. The smallest absolute Gasteiger partial charge is 0.326 e. The lowest BCUT2D eigenvalue weighted by atomic mass is 10.2. The van der Waals surface area contributed by atoms with Crippen LogP contribution in [0.4, 0.5) is 4.79 Å². The third-order valence-electron chi connectivity index (χ3n) is 3.60. The van der Waals surface area contributed by atoms with E-state index in [0.29, 0.717) is 0 Å². The Morgan fingerprint density at radius 2 is 2.00 bits per heavy atom. The molecule has 120 valence electrons. The summed E-state index contributed by atoms with van der Waals surface area (Å²) in [5.41, 5.74) is 0. The van der Waals surface area contributed by atoms with E-state index in [2.05, 4.69) is 4.74 Å². The summed E-state index contributed by atoms with van der Waals surface area (Å²) in [4.78, 5) is 37.6. The van der Waals surface area contributed by atoms with Crippen molar-refractivity contribution in [2.45, 2.75) is 25.5 Å². The molecule has 1 aliphatic heterocycles. The zero-order chi connectivity index (χ0) is 16.2. The number of carbonyl (C=O) groups is 3. The number of aliphatic carboxylic acids is 1. The molecule has 3 unspecified atom stereocenters. The predicted molar refractivity (Wildman–Crippen MR) is 72.7 cm³/mol. The van der Waals surface area contributed by atoms with Crippen molar-refractivity contribution < 1.29 is 29.0 Å². The van der Waals surface area contributed by atoms with E-state index in [1.54, 1.807) is 6.92 Å². The van der Waals surface area contributed by atoms with Crippen molar-refractivity contribution in [3.05, 3.63) is 0 Å². The standard InChI is InChI=1S/C13H22N2O6/c1-8(12(18)21-4)6-14(2)13(19)15-7-9(20-3)5-10(15)11(16)17/h8-10H,5-7H2,1-4H3,(H,16,17). The first-order chi connectivity index (χ1) is 9.81. The Morgan fingerprint density at radius 1 is 1.38 bits per heavy atom. The van der Waals surface area contributed by atoms with Crippen LogP contribution in [0.2, 0.25) is 0 Å². The SMILES string of the molecule is COC(=O)C(C)CN(C)C(=O)N1CC(OC)CC1C(=O)O. The first-order valence-corrected chi connectivity index (χ1v) is 6.67. The van der Waals surface area contributed by atoms with Crippen LogP contribution in [0, 0.1) is 5.92 Å². The molecule has 0 aromatic heterocycles. The van der Waals surface area contributed by atoms with E-state index >= 15 is 0 Å². The quantitative estimate of drug-likeness (QED) is 0.719. The molecule has 0 radical (unpaired) electrons. The monoisotopic (exact) mass is 302 g/mol. The van der Waals surface area contributed by atoms with Crippen LogP contribution in [-0.4, -0.2) is 79.4 Å². The Labute approximate surface area is 123 Å². The van der Waals surface area contributed by atoms with Crippen molar-refractivity contribution in [3.8, 4) is 0 Å². The molecule has 1 N–H and O–H groups in total. The van der Waals surface area contributed by atoms with Gasteiger partial charge in [-0.15, -0.1) is 0 Å². The molecule has 1 aliphatic rings. The Kier molecular flexibility index (Phi) is 5.95. The summed E-state index contributed by atoms with van der Waals surface area (Å²) >= 11 is 0. The first-order valence-electron chi connectivity index (χ1n) is 6.67. The number of ether oxygens (including phenoxy) is 2. The number of carboxylic acid groups (broad SMARTS) is 1. The van der Waals surface area contributed by atoms with Gasteiger partial charge >= 0.3 is 18.0 Å². The number of carbonyl (C=O) groups excluding carboxylic acids is 2. The van der Waals surface area contributed by atoms with Gasteiger partial charge in [-0.25, -0.2) is 9.59 Å². The minimum Gasteiger partial charge on any atom is -0.480 e. The lowest BCUT2D eigenvalue weighted by Gasteiger charge is -2.28. The van der Waals surface area contributed by atoms with Crippen LogP contribution < -0.4 is 0 Å². The average Bonchev–Trinajstić information content (AvgIpc) is 2.89. The molecule has 1 fully saturated rings. The number of rotatable bonds is 5. The molecule has 1 rings (SSSR count). The highest BCUT2D eigenvalue weighted by Gasteiger charge is 2.41. The number of likely N-dealkylation sites (tertiary alicyclic amines) is 1. The lowest BCUT2D eigenvalue weighted by Crippen LogP contribution is -2.48. The van der Waals surface area contributed by atoms with Gasteiger partial charge in [-0.1, -0.05) is 6.92 Å². The molecule has 0 aliphatic carbocycles. The van der Waals surface area contributed by atoms with Crippen LogP contribution in [0.15, 0.2) is 0 Å². The van der Waals surface area contributed by atoms with Crippen molar-refractivity contribution in [2.75, 3.05) is 34.4 Å². The summed E-state index contributed by atoms with van der Waals surface area (Å²) in [6, 6.07) is -1.34. The number of urea groups is 1. The van der Waals surface area contributed by atoms with Crippen molar-refractivity contribution >= 4 is 18.0 Å². The van der Waals surface area contributed by atoms with Crippen LogP contribution in [0.3, 0.4) is 0 Å². The van der Waals surface area contributed by atoms with Gasteiger partial charge in [0.05, 0.1) is 19.1 Å². The molecular formula is C13H22N2O6. The average molecular weight is 302 g/mol. The zero-order valence-electron chi connectivity index (χ0n) is 12.7. The number of hydrogen-bond donors (Lipinski definition) is 1. The summed E-state index contributed by atoms with van der Waals surface area (Å²) in [6.45, 7) is 2.03. The molecule has 8 heteroatoms. The highest BCUT2D eigenvalue weighted by molar-refractivity contribution is 5.83. The molecule has 2 amide bonds. The Hall–Kier alpha value is -1.83. The van der Waals surface area contributed by atoms with E-state index in [-0.39, 0.29) is 25.6 Å². The van der Waals surface area contributed by atoms with Crippen LogP contribution in [0.25, 0.3) is 0 Å². The highest BCUT2D eigenvalue weighted by Crippen LogP contribution is 2.22. The van der Waals surface area contributed by atoms with E-state index in [4.69, 9.17) is 4.74 Å². The van der Waals surface area contributed by atoms with E-state index in [1.807, 2.05) is 0 Å². The van der Waals surface area contributed by atoms with E-state index in [1.165, 1.54) is 31.1 Å². The number of esters is 1. The van der Waals surface area contributed by atoms with Gasteiger partial charge in [-0.3, -0.25) is 4.79 Å². The molecule has 0 spiro atoms. The predicted octanol–water partition coefficient (Wildman–Crippen LogP) is 0.0212. The maximum absolute atomic E-state index is 12.3. The van der Waals surface area contributed by atoms with Crippen molar-refractivity contribution in [2.24, 2.45) is 5.92 Å². The molecule has 0 bridgehead atoms. The van der Waals surface area contributed by atoms with Gasteiger partial charge in [0.15, 0.2) is 0 Å². The lowest BCUT2D eigenvalue weighted by molar-refractivity contribution is -0.145. The third-order valence-corrected chi connectivity index (χ3v) is 3.60. The van der Waals surface area contributed by atoms with Crippen molar-refractivity contribution in [1.29, 1.82) is 0 Å². The molecule has 3 atom stereocenters. The molecule has 21 heavy (non-hydrogen) atoms. The minimum atomic E-state index is -1.06. The largest absolute Gasteiger partial charge is 0.480 e. The molecule has 1 heterocycles. The fraction of sp³-hybridized carbons (Fsp3) is 0.769. The minimum absolute atomic E-state index is 0.159.